The lowest BCUT2D eigenvalue weighted by atomic mass is 10.0. The van der Waals surface area contributed by atoms with Crippen LogP contribution in [0.3, 0.4) is 0 Å². The van der Waals surface area contributed by atoms with Gasteiger partial charge in [0.2, 0.25) is 5.65 Å². The molecule has 0 radical (unpaired) electrons. The highest BCUT2D eigenvalue weighted by Gasteiger charge is 2.24. The van der Waals surface area contributed by atoms with Crippen molar-refractivity contribution in [3.63, 3.8) is 0 Å². The van der Waals surface area contributed by atoms with Gasteiger partial charge >= 0.3 is 0 Å². The lowest BCUT2D eigenvalue weighted by molar-refractivity contribution is 0.0930. The van der Waals surface area contributed by atoms with E-state index in [2.05, 4.69) is 20.2 Å². The van der Waals surface area contributed by atoms with E-state index in [-0.39, 0.29) is 11.9 Å². The maximum Gasteiger partial charge on any atom is 0.299 e. The van der Waals surface area contributed by atoms with E-state index >= 15 is 0 Å². The molecule has 128 valence electrons. The number of hydrogen-bond donors (Lipinski definition) is 1. The van der Waals surface area contributed by atoms with Gasteiger partial charge in [-0.3, -0.25) is 4.79 Å². The minimum atomic E-state index is 0.00242. The second-order valence-electron chi connectivity index (χ2n) is 6.37. The van der Waals surface area contributed by atoms with Gasteiger partial charge in [-0.15, -0.1) is 0 Å². The quantitative estimate of drug-likeness (QED) is 0.796. The smallest absolute Gasteiger partial charge is 0.299 e. The summed E-state index contributed by atoms with van der Waals surface area (Å²) in [5, 5.41) is 3.15. The first-order chi connectivity index (χ1) is 12.2. The number of oxazole rings is 1. The number of piperidine rings is 1. The number of pyridine rings is 1. The van der Waals surface area contributed by atoms with Crippen molar-refractivity contribution in [2.24, 2.45) is 0 Å². The molecule has 6 heteroatoms. The largest absolute Gasteiger partial charge is 0.422 e. The Morgan fingerprint density at radius 3 is 2.76 bits per heavy atom. The van der Waals surface area contributed by atoms with E-state index in [0.29, 0.717) is 17.2 Å². The van der Waals surface area contributed by atoms with Crippen molar-refractivity contribution in [2.75, 3.05) is 18.0 Å². The van der Waals surface area contributed by atoms with Gasteiger partial charge in [0, 0.05) is 30.9 Å². The number of aryl methyl sites for hydroxylation is 1. The topological polar surface area (TPSA) is 71.3 Å². The molecule has 2 aromatic heterocycles. The number of aromatic nitrogens is 2. The van der Waals surface area contributed by atoms with Gasteiger partial charge in [0.25, 0.3) is 11.9 Å². The third-order valence-corrected chi connectivity index (χ3v) is 4.64. The van der Waals surface area contributed by atoms with Gasteiger partial charge in [0.15, 0.2) is 5.58 Å². The van der Waals surface area contributed by atoms with E-state index in [4.69, 9.17) is 4.42 Å². The SMILES string of the molecule is Cc1ccccc1C(=O)NC1CCN(c2nc3ncccc3o2)CC1. The van der Waals surface area contributed by atoms with E-state index in [9.17, 15) is 4.79 Å². The monoisotopic (exact) mass is 336 g/mol. The predicted molar refractivity (Wildman–Crippen MR) is 95.7 cm³/mol. The Labute approximate surface area is 145 Å². The van der Waals surface area contributed by atoms with Crippen LogP contribution in [-0.4, -0.2) is 35.0 Å². The number of carbonyl (C=O) groups is 1. The summed E-state index contributed by atoms with van der Waals surface area (Å²) in [6, 6.07) is 12.1. The lowest BCUT2D eigenvalue weighted by Crippen LogP contribution is -2.45. The van der Waals surface area contributed by atoms with Crippen LogP contribution in [0.5, 0.6) is 0 Å². The molecule has 1 aliphatic heterocycles. The van der Waals surface area contributed by atoms with Crippen LogP contribution in [0.15, 0.2) is 47.0 Å². The van der Waals surface area contributed by atoms with Gasteiger partial charge in [-0.25, -0.2) is 4.98 Å². The minimum absolute atomic E-state index is 0.00242. The standard InChI is InChI=1S/C19H20N4O2/c1-13-5-2-3-6-15(13)18(24)21-14-8-11-23(12-9-14)19-22-17-16(25-19)7-4-10-20-17/h2-7,10,14H,8-9,11-12H2,1H3,(H,21,24). The number of carbonyl (C=O) groups excluding carboxylic acids is 1. The number of hydrogen-bond acceptors (Lipinski definition) is 5. The fourth-order valence-corrected chi connectivity index (χ4v) is 3.20. The first kappa shape index (κ1) is 15.6. The van der Waals surface area contributed by atoms with Gasteiger partial charge < -0.3 is 14.6 Å². The summed E-state index contributed by atoms with van der Waals surface area (Å²) < 4.78 is 5.77. The van der Waals surface area contributed by atoms with Crippen LogP contribution in [0.4, 0.5) is 6.01 Å². The molecule has 0 atom stereocenters. The van der Waals surface area contributed by atoms with Crippen molar-refractivity contribution in [3.8, 4) is 0 Å². The molecule has 6 nitrogen and oxygen atoms in total. The molecule has 4 rings (SSSR count). The second-order valence-corrected chi connectivity index (χ2v) is 6.37. The van der Waals surface area contributed by atoms with Crippen molar-refractivity contribution < 1.29 is 9.21 Å². The molecule has 1 fully saturated rings. The average molecular weight is 336 g/mol. The van der Waals surface area contributed by atoms with Crippen LogP contribution in [-0.2, 0) is 0 Å². The number of nitrogens with one attached hydrogen (secondary N) is 1. The number of fused-ring (bicyclic) bond motifs is 1. The van der Waals surface area contributed by atoms with Gasteiger partial charge in [-0.2, -0.15) is 4.98 Å². The van der Waals surface area contributed by atoms with Crippen LogP contribution < -0.4 is 10.2 Å². The Bertz CT molecular complexity index is 864. The van der Waals surface area contributed by atoms with E-state index in [0.717, 1.165) is 37.1 Å². The molecule has 0 spiro atoms. The first-order valence-electron chi connectivity index (χ1n) is 8.54. The summed E-state index contributed by atoms with van der Waals surface area (Å²) in [5.41, 5.74) is 3.08. The van der Waals surface area contributed by atoms with Crippen molar-refractivity contribution >= 4 is 23.2 Å². The van der Waals surface area contributed by atoms with Crippen LogP contribution in [0, 0.1) is 6.92 Å². The van der Waals surface area contributed by atoms with Gasteiger partial charge in [-0.05, 0) is 43.5 Å². The minimum Gasteiger partial charge on any atom is -0.422 e. The maximum absolute atomic E-state index is 12.4. The average Bonchev–Trinajstić information content (AvgIpc) is 3.07. The molecular formula is C19H20N4O2. The van der Waals surface area contributed by atoms with E-state index in [1.165, 1.54) is 0 Å². The molecule has 1 amide bonds. The number of benzene rings is 1. The summed E-state index contributed by atoms with van der Waals surface area (Å²) in [6.07, 6.45) is 3.44. The number of anilines is 1. The summed E-state index contributed by atoms with van der Waals surface area (Å²) in [7, 11) is 0. The van der Waals surface area contributed by atoms with Crippen molar-refractivity contribution in [2.45, 2.75) is 25.8 Å². The van der Waals surface area contributed by atoms with Crippen molar-refractivity contribution in [3.05, 3.63) is 53.7 Å². The molecule has 25 heavy (non-hydrogen) atoms. The van der Waals surface area contributed by atoms with Crippen LogP contribution in [0.1, 0.15) is 28.8 Å². The molecule has 0 bridgehead atoms. The Balaban J connectivity index is 1.38. The van der Waals surface area contributed by atoms with Gasteiger partial charge in [0.05, 0.1) is 0 Å². The highest BCUT2D eigenvalue weighted by atomic mass is 16.4. The van der Waals surface area contributed by atoms with Gasteiger partial charge in [-0.1, -0.05) is 18.2 Å². The normalized spacial score (nSPS) is 15.5. The Morgan fingerprint density at radius 1 is 1.20 bits per heavy atom. The Hall–Kier alpha value is -2.89. The number of amides is 1. The highest BCUT2D eigenvalue weighted by molar-refractivity contribution is 5.95. The zero-order valence-corrected chi connectivity index (χ0v) is 14.1. The summed E-state index contributed by atoms with van der Waals surface area (Å²) in [6.45, 7) is 3.55. The molecule has 0 unspecified atom stereocenters. The summed E-state index contributed by atoms with van der Waals surface area (Å²) >= 11 is 0. The number of rotatable bonds is 3. The van der Waals surface area contributed by atoms with Crippen LogP contribution >= 0.6 is 0 Å². The van der Waals surface area contributed by atoms with E-state index in [1.54, 1.807) is 6.20 Å². The summed E-state index contributed by atoms with van der Waals surface area (Å²) in [5.74, 6) is 0.00242. The molecule has 1 N–H and O–H groups in total. The molecule has 1 aliphatic rings. The molecule has 0 saturated carbocycles. The molecule has 1 aromatic carbocycles. The van der Waals surface area contributed by atoms with Crippen LogP contribution in [0.25, 0.3) is 11.2 Å². The highest BCUT2D eigenvalue weighted by Crippen LogP contribution is 2.23. The second kappa shape index (κ2) is 6.55. The number of nitrogens with zero attached hydrogens (tertiary/aromatic N) is 3. The molecule has 3 aromatic rings. The zero-order valence-electron chi connectivity index (χ0n) is 14.1. The Morgan fingerprint density at radius 2 is 2.00 bits per heavy atom. The predicted octanol–water partition coefficient (Wildman–Crippen LogP) is 2.93. The van der Waals surface area contributed by atoms with E-state index in [1.807, 2.05) is 43.3 Å². The molecule has 1 saturated heterocycles. The first-order valence-corrected chi connectivity index (χ1v) is 8.54. The maximum atomic E-state index is 12.4. The van der Waals surface area contributed by atoms with Gasteiger partial charge in [0.1, 0.15) is 0 Å². The summed E-state index contributed by atoms with van der Waals surface area (Å²) in [4.78, 5) is 23.2. The lowest BCUT2D eigenvalue weighted by Gasteiger charge is -2.31. The fourth-order valence-electron chi connectivity index (χ4n) is 3.20. The van der Waals surface area contributed by atoms with Crippen molar-refractivity contribution in [1.29, 1.82) is 0 Å². The fraction of sp³-hybridized carbons (Fsp3) is 0.316. The van der Waals surface area contributed by atoms with E-state index < -0.39 is 0 Å². The van der Waals surface area contributed by atoms with Crippen molar-refractivity contribution in [1.82, 2.24) is 15.3 Å². The third-order valence-electron chi connectivity index (χ3n) is 4.64. The Kier molecular flexibility index (Phi) is 4.09. The van der Waals surface area contributed by atoms with Crippen LogP contribution in [0.2, 0.25) is 0 Å². The zero-order chi connectivity index (χ0) is 17.2. The third kappa shape index (κ3) is 3.20. The molecule has 3 heterocycles. The molecular weight excluding hydrogens is 316 g/mol. The molecule has 0 aliphatic carbocycles.